The van der Waals surface area contributed by atoms with E-state index in [1.165, 1.54) is 17.3 Å². The van der Waals surface area contributed by atoms with Crippen LogP contribution in [0.2, 0.25) is 0 Å². The maximum absolute atomic E-state index is 12.7. The Kier molecular flexibility index (Phi) is 7.10. The van der Waals surface area contributed by atoms with Gasteiger partial charge in [0.05, 0.1) is 42.4 Å². The van der Waals surface area contributed by atoms with E-state index in [-0.39, 0.29) is 11.7 Å². The number of methoxy groups -OCH3 is 2. The molecule has 1 amide bonds. The van der Waals surface area contributed by atoms with Crippen molar-refractivity contribution in [2.75, 3.05) is 25.3 Å². The average Bonchev–Trinajstić information content (AvgIpc) is 2.84. The molecule has 7 heteroatoms. The summed E-state index contributed by atoms with van der Waals surface area (Å²) in [7, 11) is 3.14. The van der Waals surface area contributed by atoms with E-state index < -0.39 is 0 Å². The lowest BCUT2D eigenvalue weighted by Crippen LogP contribution is -2.15. The SMILES string of the molecule is COc1ccc(OC)c(NC(=O)CSc2nc3ccccc3nc2Cc2ccc(C)cc2)c1. The van der Waals surface area contributed by atoms with Crippen LogP contribution >= 0.6 is 11.8 Å². The van der Waals surface area contributed by atoms with Crippen LogP contribution in [0.1, 0.15) is 16.8 Å². The van der Waals surface area contributed by atoms with Crippen molar-refractivity contribution in [2.24, 2.45) is 0 Å². The fourth-order valence-electron chi connectivity index (χ4n) is 3.38. The molecule has 0 aliphatic carbocycles. The monoisotopic (exact) mass is 459 g/mol. The Balaban J connectivity index is 1.55. The quantitative estimate of drug-likeness (QED) is 0.362. The summed E-state index contributed by atoms with van der Waals surface area (Å²) < 4.78 is 10.6. The molecular formula is C26H25N3O3S. The number of carbonyl (C=O) groups is 1. The number of hydrogen-bond donors (Lipinski definition) is 1. The van der Waals surface area contributed by atoms with Gasteiger partial charge in [0.15, 0.2) is 0 Å². The van der Waals surface area contributed by atoms with Crippen LogP contribution in [0.3, 0.4) is 0 Å². The second-order valence-corrected chi connectivity index (χ2v) is 8.49. The highest BCUT2D eigenvalue weighted by Gasteiger charge is 2.14. The van der Waals surface area contributed by atoms with Gasteiger partial charge >= 0.3 is 0 Å². The van der Waals surface area contributed by atoms with E-state index in [1.54, 1.807) is 32.4 Å². The first kappa shape index (κ1) is 22.6. The van der Waals surface area contributed by atoms with Crippen molar-refractivity contribution in [3.05, 3.63) is 83.6 Å². The van der Waals surface area contributed by atoms with Gasteiger partial charge in [0.2, 0.25) is 5.91 Å². The summed E-state index contributed by atoms with van der Waals surface area (Å²) in [5, 5.41) is 3.66. The average molecular weight is 460 g/mol. The highest BCUT2D eigenvalue weighted by molar-refractivity contribution is 8.00. The van der Waals surface area contributed by atoms with Crippen LogP contribution in [-0.4, -0.2) is 35.8 Å². The predicted molar refractivity (Wildman–Crippen MR) is 132 cm³/mol. The van der Waals surface area contributed by atoms with Crippen molar-refractivity contribution in [2.45, 2.75) is 18.4 Å². The van der Waals surface area contributed by atoms with E-state index in [0.717, 1.165) is 27.3 Å². The van der Waals surface area contributed by atoms with Crippen LogP contribution in [0.25, 0.3) is 11.0 Å². The number of para-hydroxylation sites is 2. The van der Waals surface area contributed by atoms with Crippen LogP contribution in [0.5, 0.6) is 11.5 Å². The van der Waals surface area contributed by atoms with Gasteiger partial charge in [-0.05, 0) is 36.8 Å². The van der Waals surface area contributed by atoms with Gasteiger partial charge in [0.1, 0.15) is 16.5 Å². The first-order valence-corrected chi connectivity index (χ1v) is 11.5. The molecule has 0 spiro atoms. The summed E-state index contributed by atoms with van der Waals surface area (Å²) in [6.45, 7) is 2.07. The van der Waals surface area contributed by atoms with Crippen molar-refractivity contribution in [1.29, 1.82) is 0 Å². The molecule has 0 aliphatic rings. The third-order valence-electron chi connectivity index (χ3n) is 5.12. The number of rotatable bonds is 8. The lowest BCUT2D eigenvalue weighted by atomic mass is 10.1. The van der Waals surface area contributed by atoms with Crippen molar-refractivity contribution < 1.29 is 14.3 Å². The summed E-state index contributed by atoms with van der Waals surface area (Å²) in [5.74, 6) is 1.23. The maximum atomic E-state index is 12.7. The van der Waals surface area contributed by atoms with Crippen LogP contribution in [0.4, 0.5) is 5.69 Å². The Bertz CT molecular complexity index is 1280. The van der Waals surface area contributed by atoms with Gasteiger partial charge in [0.25, 0.3) is 0 Å². The fraction of sp³-hybridized carbons (Fsp3) is 0.192. The number of aryl methyl sites for hydroxylation is 1. The number of hydrogen-bond acceptors (Lipinski definition) is 6. The first-order chi connectivity index (χ1) is 16.1. The Morgan fingerprint density at radius 1 is 0.939 bits per heavy atom. The normalized spacial score (nSPS) is 10.8. The number of benzene rings is 3. The van der Waals surface area contributed by atoms with Gasteiger partial charge in [-0.3, -0.25) is 4.79 Å². The molecule has 0 atom stereocenters. The minimum atomic E-state index is -0.164. The summed E-state index contributed by atoms with van der Waals surface area (Å²) >= 11 is 1.38. The molecule has 3 aromatic carbocycles. The van der Waals surface area contributed by atoms with Crippen molar-refractivity contribution in [3.8, 4) is 11.5 Å². The molecule has 168 valence electrons. The molecule has 0 aliphatic heterocycles. The third kappa shape index (κ3) is 5.62. The van der Waals surface area contributed by atoms with Gasteiger partial charge in [-0.2, -0.15) is 0 Å². The molecule has 33 heavy (non-hydrogen) atoms. The van der Waals surface area contributed by atoms with Crippen molar-refractivity contribution in [1.82, 2.24) is 9.97 Å². The molecule has 4 aromatic rings. The van der Waals surface area contributed by atoms with E-state index in [1.807, 2.05) is 24.3 Å². The van der Waals surface area contributed by atoms with E-state index in [9.17, 15) is 4.79 Å². The minimum Gasteiger partial charge on any atom is -0.497 e. The molecule has 1 N–H and O–H groups in total. The maximum Gasteiger partial charge on any atom is 0.234 e. The zero-order chi connectivity index (χ0) is 23.2. The van der Waals surface area contributed by atoms with Crippen LogP contribution in [-0.2, 0) is 11.2 Å². The summed E-state index contributed by atoms with van der Waals surface area (Å²) in [5.41, 5.74) is 5.43. The Morgan fingerprint density at radius 2 is 1.67 bits per heavy atom. The fourth-order valence-corrected chi connectivity index (χ4v) is 4.17. The molecule has 0 fully saturated rings. The second kappa shape index (κ2) is 10.4. The van der Waals surface area contributed by atoms with Gasteiger partial charge in [-0.25, -0.2) is 9.97 Å². The Morgan fingerprint density at radius 3 is 2.36 bits per heavy atom. The third-order valence-corrected chi connectivity index (χ3v) is 6.13. The number of nitrogens with one attached hydrogen (secondary N) is 1. The van der Waals surface area contributed by atoms with Gasteiger partial charge < -0.3 is 14.8 Å². The number of ether oxygens (including phenoxy) is 2. The molecule has 0 saturated carbocycles. The van der Waals surface area contributed by atoms with E-state index in [0.29, 0.717) is 23.6 Å². The zero-order valence-electron chi connectivity index (χ0n) is 18.8. The van der Waals surface area contributed by atoms with Crippen molar-refractivity contribution in [3.63, 3.8) is 0 Å². The predicted octanol–water partition coefficient (Wildman–Crippen LogP) is 5.28. The topological polar surface area (TPSA) is 73.3 Å². The highest BCUT2D eigenvalue weighted by Crippen LogP contribution is 2.30. The van der Waals surface area contributed by atoms with Crippen LogP contribution in [0, 0.1) is 6.92 Å². The number of nitrogens with zero attached hydrogens (tertiary/aromatic N) is 2. The molecule has 6 nitrogen and oxygen atoms in total. The number of thioether (sulfide) groups is 1. The van der Waals surface area contributed by atoms with Crippen molar-refractivity contribution >= 4 is 34.4 Å². The lowest BCUT2D eigenvalue weighted by molar-refractivity contribution is -0.113. The molecule has 0 radical (unpaired) electrons. The van der Waals surface area contributed by atoms with Gasteiger partial charge in [-0.15, -0.1) is 0 Å². The molecule has 0 bridgehead atoms. The number of carbonyl (C=O) groups excluding carboxylic acids is 1. The summed E-state index contributed by atoms with van der Waals surface area (Å²) in [6.07, 6.45) is 0.645. The molecule has 4 rings (SSSR count). The van der Waals surface area contributed by atoms with E-state index in [2.05, 4.69) is 36.5 Å². The highest BCUT2D eigenvalue weighted by atomic mass is 32.2. The minimum absolute atomic E-state index is 0.164. The lowest BCUT2D eigenvalue weighted by Gasteiger charge is -2.12. The standard InChI is InChI=1S/C26H25N3O3S/c1-17-8-10-18(11-9-17)14-23-26(29-21-7-5-4-6-20(21)27-23)33-16-25(30)28-22-15-19(31-2)12-13-24(22)32-3/h4-13,15H,14,16H2,1-3H3,(H,28,30). The largest absolute Gasteiger partial charge is 0.497 e. The first-order valence-electron chi connectivity index (χ1n) is 10.5. The number of anilines is 1. The zero-order valence-corrected chi connectivity index (χ0v) is 19.6. The molecule has 0 unspecified atom stereocenters. The van der Waals surface area contributed by atoms with Gasteiger partial charge in [-0.1, -0.05) is 53.7 Å². The number of aromatic nitrogens is 2. The number of amides is 1. The van der Waals surface area contributed by atoms with Crippen LogP contribution < -0.4 is 14.8 Å². The number of fused-ring (bicyclic) bond motifs is 1. The molecular weight excluding hydrogens is 434 g/mol. The molecule has 0 saturated heterocycles. The van der Waals surface area contributed by atoms with Gasteiger partial charge in [0, 0.05) is 12.5 Å². The Hall–Kier alpha value is -3.58. The summed E-state index contributed by atoms with van der Waals surface area (Å²) in [4.78, 5) is 22.4. The second-order valence-electron chi connectivity index (χ2n) is 7.53. The molecule has 1 heterocycles. The smallest absolute Gasteiger partial charge is 0.234 e. The Labute approximate surface area is 197 Å². The van der Waals surface area contributed by atoms with Crippen LogP contribution in [0.15, 0.2) is 71.8 Å². The van der Waals surface area contributed by atoms with E-state index >= 15 is 0 Å². The summed E-state index contributed by atoms with van der Waals surface area (Å²) in [6, 6.07) is 21.4. The van der Waals surface area contributed by atoms with E-state index in [4.69, 9.17) is 19.4 Å². The molecule has 1 aromatic heterocycles.